The molecule has 0 aliphatic heterocycles. The molecule has 0 amide bonds. The Bertz CT molecular complexity index is 288. The SMILES string of the molecule is CCCCCCCCCCCCCCCCCCCCNCCC(=O)[O-].[Na+]. The number of carbonyl (C=O) groups excluding carboxylic acids is 1. The molecule has 0 aliphatic carbocycles. The maximum absolute atomic E-state index is 10.2. The van der Waals surface area contributed by atoms with E-state index in [4.69, 9.17) is 0 Å². The molecule has 0 aromatic heterocycles. The molecule has 3 nitrogen and oxygen atoms in total. The summed E-state index contributed by atoms with van der Waals surface area (Å²) in [4.78, 5) is 10.2. The van der Waals surface area contributed by atoms with Gasteiger partial charge in [0.1, 0.15) is 0 Å². The Labute approximate surface area is 192 Å². The van der Waals surface area contributed by atoms with Gasteiger partial charge < -0.3 is 15.2 Å². The van der Waals surface area contributed by atoms with Crippen molar-refractivity contribution in [1.29, 1.82) is 0 Å². The Kier molecular flexibility index (Phi) is 29.0. The minimum Gasteiger partial charge on any atom is -0.550 e. The fourth-order valence-corrected chi connectivity index (χ4v) is 3.47. The topological polar surface area (TPSA) is 52.2 Å². The molecule has 0 heterocycles. The van der Waals surface area contributed by atoms with Gasteiger partial charge >= 0.3 is 29.6 Å². The zero-order valence-electron chi connectivity index (χ0n) is 18.7. The quantitative estimate of drug-likeness (QED) is 0.228. The van der Waals surface area contributed by atoms with Gasteiger partial charge in [-0.3, -0.25) is 0 Å². The summed E-state index contributed by atoms with van der Waals surface area (Å²) in [5.41, 5.74) is 0. The van der Waals surface area contributed by atoms with E-state index in [0.29, 0.717) is 6.54 Å². The third-order valence-corrected chi connectivity index (χ3v) is 5.21. The van der Waals surface area contributed by atoms with E-state index in [1.165, 1.54) is 109 Å². The normalized spacial score (nSPS) is 10.7. The van der Waals surface area contributed by atoms with E-state index < -0.39 is 5.97 Å². The summed E-state index contributed by atoms with van der Waals surface area (Å²) in [6, 6.07) is 0. The van der Waals surface area contributed by atoms with Gasteiger partial charge in [0.15, 0.2) is 0 Å². The summed E-state index contributed by atoms with van der Waals surface area (Å²) in [5, 5.41) is 13.4. The summed E-state index contributed by atoms with van der Waals surface area (Å²) < 4.78 is 0. The number of rotatable bonds is 22. The standard InChI is InChI=1S/C23H47NO2.Na/c1-2-3-4-5-6-7-8-9-10-11-12-13-14-15-16-17-18-19-21-24-22-20-23(25)26;/h24H,2-22H2,1H3,(H,25,26);/q;+1/p-1. The predicted octanol–water partition coefficient (Wildman–Crippen LogP) is 2.76. The average molecular weight is 392 g/mol. The number of carboxylic acids is 1. The van der Waals surface area contributed by atoms with Crippen LogP contribution in [0.5, 0.6) is 0 Å². The first kappa shape index (κ1) is 29.6. The number of carboxylic acid groups (broad SMARTS) is 1. The maximum Gasteiger partial charge on any atom is 1.00 e. The number of hydrogen-bond acceptors (Lipinski definition) is 3. The smallest absolute Gasteiger partial charge is 0.550 e. The third-order valence-electron chi connectivity index (χ3n) is 5.21. The van der Waals surface area contributed by atoms with Crippen molar-refractivity contribution < 1.29 is 39.5 Å². The molecule has 0 aliphatic rings. The molecule has 0 rings (SSSR count). The Morgan fingerprint density at radius 1 is 0.593 bits per heavy atom. The fourth-order valence-electron chi connectivity index (χ4n) is 3.47. The summed E-state index contributed by atoms with van der Waals surface area (Å²) >= 11 is 0. The molecule has 156 valence electrons. The van der Waals surface area contributed by atoms with Crippen LogP contribution in [-0.2, 0) is 4.79 Å². The van der Waals surface area contributed by atoms with Crippen LogP contribution in [0.4, 0.5) is 0 Å². The Morgan fingerprint density at radius 2 is 0.926 bits per heavy atom. The molecular formula is C23H46NNaO2. The van der Waals surface area contributed by atoms with Crippen LogP contribution in [0.2, 0.25) is 0 Å². The van der Waals surface area contributed by atoms with Crippen molar-refractivity contribution in [3.8, 4) is 0 Å². The van der Waals surface area contributed by atoms with Crippen LogP contribution in [0.3, 0.4) is 0 Å². The van der Waals surface area contributed by atoms with Crippen molar-refractivity contribution in [2.75, 3.05) is 13.1 Å². The molecule has 0 spiro atoms. The van der Waals surface area contributed by atoms with Gasteiger partial charge in [-0.15, -0.1) is 0 Å². The molecule has 0 aromatic carbocycles. The van der Waals surface area contributed by atoms with E-state index in [0.717, 1.165) is 13.0 Å². The van der Waals surface area contributed by atoms with Crippen molar-refractivity contribution >= 4 is 5.97 Å². The molecule has 0 saturated carbocycles. The third kappa shape index (κ3) is 28.7. The van der Waals surface area contributed by atoms with Crippen molar-refractivity contribution in [1.82, 2.24) is 5.32 Å². The van der Waals surface area contributed by atoms with Gasteiger partial charge in [-0.05, 0) is 19.4 Å². The van der Waals surface area contributed by atoms with Crippen molar-refractivity contribution in [2.24, 2.45) is 0 Å². The Hall–Kier alpha value is 0.430. The van der Waals surface area contributed by atoms with Crippen LogP contribution in [-0.4, -0.2) is 19.1 Å². The average Bonchev–Trinajstić information content (AvgIpc) is 2.62. The van der Waals surface area contributed by atoms with E-state index in [1.807, 2.05) is 0 Å². The van der Waals surface area contributed by atoms with Crippen LogP contribution in [0.1, 0.15) is 129 Å². The van der Waals surface area contributed by atoms with E-state index in [-0.39, 0.29) is 36.0 Å². The number of carbonyl (C=O) groups is 1. The molecule has 0 bridgehead atoms. The molecule has 0 unspecified atom stereocenters. The second kappa shape index (κ2) is 26.4. The van der Waals surface area contributed by atoms with Gasteiger partial charge in [0.25, 0.3) is 0 Å². The van der Waals surface area contributed by atoms with Crippen molar-refractivity contribution in [2.45, 2.75) is 129 Å². The van der Waals surface area contributed by atoms with Gasteiger partial charge in [0.2, 0.25) is 0 Å². The van der Waals surface area contributed by atoms with Crippen LogP contribution < -0.4 is 40.0 Å². The summed E-state index contributed by atoms with van der Waals surface area (Å²) in [6.07, 6.45) is 25.2. The van der Waals surface area contributed by atoms with Gasteiger partial charge in [-0.1, -0.05) is 116 Å². The van der Waals surface area contributed by atoms with Crippen LogP contribution in [0, 0.1) is 0 Å². The Balaban J connectivity index is 0. The van der Waals surface area contributed by atoms with E-state index in [2.05, 4.69) is 12.2 Å². The Morgan fingerprint density at radius 3 is 1.26 bits per heavy atom. The van der Waals surface area contributed by atoms with Gasteiger partial charge in [0.05, 0.1) is 0 Å². The number of hydrogen-bond donors (Lipinski definition) is 1. The minimum absolute atomic E-state index is 0. The molecule has 0 aromatic rings. The minimum atomic E-state index is -0.963. The number of unbranched alkanes of at least 4 members (excludes halogenated alkanes) is 17. The first-order chi connectivity index (χ1) is 12.8. The number of nitrogens with one attached hydrogen (secondary N) is 1. The van der Waals surface area contributed by atoms with E-state index in [1.54, 1.807) is 0 Å². The van der Waals surface area contributed by atoms with Crippen molar-refractivity contribution in [3.63, 3.8) is 0 Å². The van der Waals surface area contributed by atoms with Gasteiger partial charge in [-0.2, -0.15) is 0 Å². The van der Waals surface area contributed by atoms with Crippen LogP contribution in [0.25, 0.3) is 0 Å². The summed E-state index contributed by atoms with van der Waals surface area (Å²) in [6.45, 7) is 3.76. The monoisotopic (exact) mass is 391 g/mol. The summed E-state index contributed by atoms with van der Waals surface area (Å²) in [5.74, 6) is -0.963. The number of aliphatic carboxylic acids is 1. The zero-order chi connectivity index (χ0) is 19.1. The van der Waals surface area contributed by atoms with Gasteiger partial charge in [-0.25, -0.2) is 0 Å². The van der Waals surface area contributed by atoms with Crippen LogP contribution in [0.15, 0.2) is 0 Å². The van der Waals surface area contributed by atoms with Crippen molar-refractivity contribution in [3.05, 3.63) is 0 Å². The van der Waals surface area contributed by atoms with E-state index >= 15 is 0 Å². The molecule has 4 heteroatoms. The molecule has 0 saturated heterocycles. The zero-order valence-corrected chi connectivity index (χ0v) is 20.7. The predicted molar refractivity (Wildman–Crippen MR) is 111 cm³/mol. The molecular weight excluding hydrogens is 345 g/mol. The first-order valence-corrected chi connectivity index (χ1v) is 11.7. The van der Waals surface area contributed by atoms with Gasteiger partial charge in [0, 0.05) is 12.5 Å². The molecule has 0 radical (unpaired) electrons. The largest absolute Gasteiger partial charge is 1.00 e. The molecule has 27 heavy (non-hydrogen) atoms. The molecule has 0 atom stereocenters. The molecule has 0 fully saturated rings. The second-order valence-electron chi connectivity index (χ2n) is 7.88. The van der Waals surface area contributed by atoms with Crippen LogP contribution >= 0.6 is 0 Å². The second-order valence-corrected chi connectivity index (χ2v) is 7.88. The molecule has 1 N–H and O–H groups in total. The summed E-state index contributed by atoms with van der Waals surface area (Å²) in [7, 11) is 0. The fraction of sp³-hybridized carbons (Fsp3) is 0.957. The van der Waals surface area contributed by atoms with E-state index in [9.17, 15) is 9.90 Å². The first-order valence-electron chi connectivity index (χ1n) is 11.7. The maximum atomic E-state index is 10.2.